The quantitative estimate of drug-likeness (QED) is 0.573. The number of pyridine rings is 1. The molecule has 1 aliphatic heterocycles. The molecule has 1 atom stereocenters. The van der Waals surface area contributed by atoms with Gasteiger partial charge in [0.15, 0.2) is 12.3 Å². The number of rotatable bonds is 6. The van der Waals surface area contributed by atoms with Crippen LogP contribution in [0.4, 0.5) is 0 Å². The van der Waals surface area contributed by atoms with Crippen LogP contribution < -0.4 is 10.4 Å². The number of amides is 1. The summed E-state index contributed by atoms with van der Waals surface area (Å²) >= 11 is 0. The van der Waals surface area contributed by atoms with Crippen molar-refractivity contribution in [1.82, 2.24) is 19.0 Å². The molecule has 1 aromatic carbocycles. The number of nitrogens with zero attached hydrogens (tertiary/aromatic N) is 4. The van der Waals surface area contributed by atoms with Crippen LogP contribution in [-0.4, -0.2) is 44.6 Å². The van der Waals surface area contributed by atoms with Crippen LogP contribution in [0, 0.1) is 12.8 Å². The van der Waals surface area contributed by atoms with E-state index in [9.17, 15) is 9.59 Å². The summed E-state index contributed by atoms with van der Waals surface area (Å²) in [6, 6.07) is 11.5. The first kappa shape index (κ1) is 21.7. The molecule has 7 nitrogen and oxygen atoms in total. The Labute approximate surface area is 194 Å². The van der Waals surface area contributed by atoms with Crippen LogP contribution in [0.5, 0.6) is 5.75 Å². The predicted molar refractivity (Wildman–Crippen MR) is 127 cm³/mol. The van der Waals surface area contributed by atoms with Crippen LogP contribution >= 0.6 is 0 Å². The first-order valence-electron chi connectivity index (χ1n) is 12.1. The van der Waals surface area contributed by atoms with E-state index in [1.165, 1.54) is 32.1 Å². The Morgan fingerprint density at radius 3 is 2.79 bits per heavy atom. The lowest BCUT2D eigenvalue weighted by molar-refractivity contribution is -0.132. The van der Waals surface area contributed by atoms with Gasteiger partial charge in [-0.2, -0.15) is 0 Å². The fourth-order valence-electron chi connectivity index (χ4n) is 5.36. The fourth-order valence-corrected chi connectivity index (χ4v) is 5.36. The first-order valence-corrected chi connectivity index (χ1v) is 12.1. The van der Waals surface area contributed by atoms with E-state index in [-0.39, 0.29) is 24.2 Å². The van der Waals surface area contributed by atoms with Gasteiger partial charge in [-0.05, 0) is 61.9 Å². The maximum absolute atomic E-state index is 13.5. The summed E-state index contributed by atoms with van der Waals surface area (Å²) in [6.07, 6.45) is 8.67. The molecule has 174 valence electrons. The molecule has 1 amide bonds. The lowest BCUT2D eigenvalue weighted by Crippen LogP contribution is -2.35. The van der Waals surface area contributed by atoms with Crippen molar-refractivity contribution in [3.8, 4) is 5.75 Å². The Kier molecular flexibility index (Phi) is 6.20. The summed E-state index contributed by atoms with van der Waals surface area (Å²) in [5, 5.41) is 0. The topological polar surface area (TPSA) is 69.4 Å². The molecule has 1 saturated carbocycles. The van der Waals surface area contributed by atoms with E-state index in [0.29, 0.717) is 24.8 Å². The van der Waals surface area contributed by atoms with Gasteiger partial charge in [0.25, 0.3) is 5.91 Å². The van der Waals surface area contributed by atoms with Gasteiger partial charge in [-0.25, -0.2) is 9.78 Å². The Morgan fingerprint density at radius 2 is 1.97 bits per heavy atom. The van der Waals surface area contributed by atoms with Crippen molar-refractivity contribution < 1.29 is 9.53 Å². The zero-order chi connectivity index (χ0) is 22.8. The molecule has 0 unspecified atom stereocenters. The van der Waals surface area contributed by atoms with Crippen molar-refractivity contribution in [2.75, 3.05) is 19.7 Å². The highest BCUT2D eigenvalue weighted by atomic mass is 16.5. The van der Waals surface area contributed by atoms with E-state index in [0.717, 1.165) is 29.7 Å². The summed E-state index contributed by atoms with van der Waals surface area (Å²) in [7, 11) is 0. The number of carbonyl (C=O) groups is 1. The Hall–Kier alpha value is -3.09. The first-order chi connectivity index (χ1) is 16.1. The molecule has 2 aromatic heterocycles. The second-order valence-electron chi connectivity index (χ2n) is 9.50. The van der Waals surface area contributed by atoms with E-state index >= 15 is 0 Å². The highest BCUT2D eigenvalue weighted by molar-refractivity contribution is 5.78. The molecule has 0 radical (unpaired) electrons. The number of benzene rings is 1. The van der Waals surface area contributed by atoms with Gasteiger partial charge in [-0.15, -0.1) is 0 Å². The van der Waals surface area contributed by atoms with Crippen molar-refractivity contribution in [3.05, 3.63) is 58.6 Å². The number of hydrogen-bond acceptors (Lipinski definition) is 4. The van der Waals surface area contributed by atoms with Crippen molar-refractivity contribution in [1.29, 1.82) is 0 Å². The molecular formula is C26H32N4O3. The van der Waals surface area contributed by atoms with E-state index in [4.69, 9.17) is 4.74 Å². The van der Waals surface area contributed by atoms with Gasteiger partial charge in [0.2, 0.25) is 0 Å². The minimum absolute atomic E-state index is 0.00424. The molecule has 0 N–H and O–H groups in total. The average molecular weight is 449 g/mol. The van der Waals surface area contributed by atoms with Gasteiger partial charge in [0.1, 0.15) is 5.75 Å². The molecule has 2 fully saturated rings. The van der Waals surface area contributed by atoms with Crippen LogP contribution in [-0.2, 0) is 11.3 Å². The second-order valence-corrected chi connectivity index (χ2v) is 9.50. The Morgan fingerprint density at radius 1 is 1.12 bits per heavy atom. The third kappa shape index (κ3) is 4.54. The van der Waals surface area contributed by atoms with Gasteiger partial charge in [0, 0.05) is 25.8 Å². The summed E-state index contributed by atoms with van der Waals surface area (Å²) < 4.78 is 9.45. The largest absolute Gasteiger partial charge is 0.484 e. The number of imidazole rings is 1. The summed E-state index contributed by atoms with van der Waals surface area (Å²) in [4.78, 5) is 32.7. The monoisotopic (exact) mass is 448 g/mol. The number of fused-ring (bicyclic) bond motifs is 1. The van der Waals surface area contributed by atoms with Crippen molar-refractivity contribution in [3.63, 3.8) is 0 Å². The third-order valence-corrected chi connectivity index (χ3v) is 7.12. The van der Waals surface area contributed by atoms with Gasteiger partial charge in [0.05, 0.1) is 11.6 Å². The molecule has 5 rings (SSSR count). The third-order valence-electron chi connectivity index (χ3n) is 7.12. The van der Waals surface area contributed by atoms with Gasteiger partial charge in [-0.1, -0.05) is 31.4 Å². The molecule has 7 heteroatoms. The zero-order valence-corrected chi connectivity index (χ0v) is 19.3. The Bertz CT molecular complexity index is 1190. The summed E-state index contributed by atoms with van der Waals surface area (Å²) in [5.41, 5.74) is 2.73. The van der Waals surface area contributed by atoms with Crippen LogP contribution in [0.25, 0.3) is 11.2 Å². The minimum atomic E-state index is -0.0644. The van der Waals surface area contributed by atoms with Crippen molar-refractivity contribution in [2.45, 2.75) is 58.0 Å². The molecule has 0 spiro atoms. The van der Waals surface area contributed by atoms with E-state index < -0.39 is 0 Å². The summed E-state index contributed by atoms with van der Waals surface area (Å²) in [6.45, 7) is 3.89. The van der Waals surface area contributed by atoms with E-state index in [1.807, 2.05) is 52.5 Å². The number of carbonyl (C=O) groups excluding carboxylic acids is 1. The Balaban J connectivity index is 1.32. The molecule has 2 aliphatic rings. The highest BCUT2D eigenvalue weighted by Gasteiger charge is 2.31. The van der Waals surface area contributed by atoms with E-state index in [2.05, 4.69) is 4.98 Å². The van der Waals surface area contributed by atoms with Gasteiger partial charge in [-0.3, -0.25) is 13.9 Å². The molecule has 1 saturated heterocycles. The van der Waals surface area contributed by atoms with Crippen molar-refractivity contribution >= 4 is 17.1 Å². The van der Waals surface area contributed by atoms with E-state index in [1.54, 1.807) is 11.1 Å². The van der Waals surface area contributed by atoms with Crippen LogP contribution in [0.3, 0.4) is 0 Å². The molecule has 33 heavy (non-hydrogen) atoms. The molecule has 3 aromatic rings. The number of likely N-dealkylation sites (tertiary alicyclic amines) is 1. The van der Waals surface area contributed by atoms with Gasteiger partial charge < -0.3 is 9.64 Å². The SMILES string of the molecule is Cc1cccc(OCC(=O)N2CC[C@@H](n3c(=O)n(CC4CCCCC4)c4cccnc43)C2)c1. The smallest absolute Gasteiger partial charge is 0.330 e. The predicted octanol–water partition coefficient (Wildman–Crippen LogP) is 3.94. The normalized spacial score (nSPS) is 19.3. The number of ether oxygens (including phenoxy) is 1. The second kappa shape index (κ2) is 9.41. The standard InChI is InChI=1S/C26H32N4O3/c1-19-7-5-10-22(15-19)33-18-24(31)28-14-12-21(17-28)30-25-23(11-6-13-27-25)29(26(30)32)16-20-8-3-2-4-9-20/h5-7,10-11,13,15,20-21H,2-4,8-9,12,14,16-18H2,1H3/t21-/m1/s1. The van der Waals surface area contributed by atoms with Crippen LogP contribution in [0.2, 0.25) is 0 Å². The highest BCUT2D eigenvalue weighted by Crippen LogP contribution is 2.28. The maximum Gasteiger partial charge on any atom is 0.330 e. The lowest BCUT2D eigenvalue weighted by atomic mass is 9.89. The maximum atomic E-state index is 13.5. The fraction of sp³-hybridized carbons (Fsp3) is 0.500. The molecule has 0 bridgehead atoms. The van der Waals surface area contributed by atoms with Crippen molar-refractivity contribution in [2.24, 2.45) is 5.92 Å². The summed E-state index contributed by atoms with van der Waals surface area (Å²) in [5.74, 6) is 1.20. The number of aromatic nitrogens is 3. The number of hydrogen-bond donors (Lipinski definition) is 0. The van der Waals surface area contributed by atoms with Gasteiger partial charge >= 0.3 is 5.69 Å². The number of aryl methyl sites for hydroxylation is 1. The van der Waals surface area contributed by atoms with Crippen LogP contribution in [0.15, 0.2) is 47.4 Å². The zero-order valence-electron chi connectivity index (χ0n) is 19.3. The minimum Gasteiger partial charge on any atom is -0.484 e. The van der Waals surface area contributed by atoms with Crippen LogP contribution in [0.1, 0.15) is 50.1 Å². The lowest BCUT2D eigenvalue weighted by Gasteiger charge is -2.21. The molecule has 3 heterocycles. The average Bonchev–Trinajstić information content (AvgIpc) is 3.41. The molecular weight excluding hydrogens is 416 g/mol. The molecule has 1 aliphatic carbocycles.